The molecule has 2 atom stereocenters. The van der Waals surface area contributed by atoms with E-state index in [1.807, 2.05) is 18.2 Å². The summed E-state index contributed by atoms with van der Waals surface area (Å²) in [5.41, 5.74) is 0.791. The molecule has 23 heavy (non-hydrogen) atoms. The molecule has 0 N–H and O–H groups in total. The molecule has 3 rings (SSSR count). The Morgan fingerprint density at radius 1 is 1.35 bits per heavy atom. The van der Waals surface area contributed by atoms with Crippen molar-refractivity contribution in [2.24, 2.45) is 0 Å². The lowest BCUT2D eigenvalue weighted by Gasteiger charge is -2.39. The zero-order chi connectivity index (χ0) is 16.2. The number of ether oxygens (including phenoxy) is 2. The van der Waals surface area contributed by atoms with Crippen molar-refractivity contribution in [1.29, 1.82) is 0 Å². The monoisotopic (exact) mass is 335 g/mol. The fourth-order valence-electron chi connectivity index (χ4n) is 3.13. The Morgan fingerprint density at radius 3 is 3.00 bits per heavy atom. The zero-order valence-electron chi connectivity index (χ0n) is 13.5. The van der Waals surface area contributed by atoms with Crippen LogP contribution in [-0.4, -0.2) is 41.0 Å². The Labute approximate surface area is 141 Å². The van der Waals surface area contributed by atoms with E-state index in [-0.39, 0.29) is 12.5 Å². The Morgan fingerprint density at radius 2 is 2.22 bits per heavy atom. The van der Waals surface area contributed by atoms with Crippen LogP contribution in [0, 0.1) is 0 Å². The van der Waals surface area contributed by atoms with Crippen molar-refractivity contribution in [3.8, 4) is 5.75 Å². The minimum absolute atomic E-state index is 0.00462. The number of hydrogen-bond donors (Lipinski definition) is 0. The van der Waals surface area contributed by atoms with Crippen LogP contribution in [0.15, 0.2) is 24.5 Å². The number of nitrogens with zero attached hydrogens (tertiary/aromatic N) is 3. The average molecular weight is 336 g/mol. The Kier molecular flexibility index (Phi) is 5.30. The summed E-state index contributed by atoms with van der Waals surface area (Å²) in [5, 5.41) is 1.30. The SMILES string of the molecule is CCC(Oc1ccc2c(Cl)ncnc2c1)N1CCCCC1OC. The molecule has 2 heterocycles. The molecule has 5 nitrogen and oxygen atoms in total. The number of benzene rings is 1. The van der Waals surface area contributed by atoms with Crippen LogP contribution in [0.1, 0.15) is 32.6 Å². The van der Waals surface area contributed by atoms with Crippen molar-refractivity contribution < 1.29 is 9.47 Å². The molecule has 1 aromatic carbocycles. The third-order valence-electron chi connectivity index (χ3n) is 4.31. The van der Waals surface area contributed by atoms with Gasteiger partial charge >= 0.3 is 0 Å². The van der Waals surface area contributed by atoms with E-state index in [1.165, 1.54) is 19.2 Å². The summed E-state index contributed by atoms with van der Waals surface area (Å²) in [5.74, 6) is 0.791. The molecule has 6 heteroatoms. The predicted octanol–water partition coefficient (Wildman–Crippen LogP) is 3.86. The first-order chi connectivity index (χ1) is 11.2. The van der Waals surface area contributed by atoms with Crippen molar-refractivity contribution in [2.45, 2.75) is 45.1 Å². The van der Waals surface area contributed by atoms with E-state index in [9.17, 15) is 0 Å². The maximum absolute atomic E-state index is 6.23. The van der Waals surface area contributed by atoms with Gasteiger partial charge < -0.3 is 9.47 Å². The third-order valence-corrected chi connectivity index (χ3v) is 4.61. The van der Waals surface area contributed by atoms with E-state index in [1.54, 1.807) is 7.11 Å². The van der Waals surface area contributed by atoms with Gasteiger partial charge in [-0.2, -0.15) is 0 Å². The van der Waals surface area contributed by atoms with Crippen molar-refractivity contribution in [1.82, 2.24) is 14.9 Å². The van der Waals surface area contributed by atoms with E-state index >= 15 is 0 Å². The molecule has 2 unspecified atom stereocenters. The Balaban J connectivity index is 1.81. The molecule has 1 aromatic heterocycles. The van der Waals surface area contributed by atoms with Crippen LogP contribution in [0.3, 0.4) is 0 Å². The quantitative estimate of drug-likeness (QED) is 0.776. The van der Waals surface area contributed by atoms with Crippen LogP contribution >= 0.6 is 11.6 Å². The van der Waals surface area contributed by atoms with Crippen molar-refractivity contribution in [2.75, 3.05) is 13.7 Å². The van der Waals surface area contributed by atoms with Gasteiger partial charge in [0.05, 0.1) is 5.52 Å². The second-order valence-corrected chi connectivity index (χ2v) is 6.11. The van der Waals surface area contributed by atoms with Gasteiger partial charge in [0.2, 0.25) is 0 Å². The van der Waals surface area contributed by atoms with Gasteiger partial charge in [0.1, 0.15) is 23.5 Å². The number of likely N-dealkylation sites (tertiary alicyclic amines) is 1. The van der Waals surface area contributed by atoms with E-state index in [4.69, 9.17) is 21.1 Å². The van der Waals surface area contributed by atoms with E-state index in [0.717, 1.165) is 36.0 Å². The second kappa shape index (κ2) is 7.43. The molecule has 1 aliphatic rings. The first-order valence-corrected chi connectivity index (χ1v) is 8.46. The minimum atomic E-state index is -0.00462. The molecule has 0 spiro atoms. The van der Waals surface area contributed by atoms with Crippen LogP contribution in [0.4, 0.5) is 0 Å². The summed E-state index contributed by atoms with van der Waals surface area (Å²) < 4.78 is 11.8. The van der Waals surface area contributed by atoms with Gasteiger partial charge in [-0.15, -0.1) is 0 Å². The average Bonchev–Trinajstić information content (AvgIpc) is 2.60. The maximum atomic E-state index is 6.23. The van der Waals surface area contributed by atoms with Gasteiger partial charge in [0, 0.05) is 25.1 Å². The fourth-order valence-corrected chi connectivity index (χ4v) is 3.33. The summed E-state index contributed by atoms with van der Waals surface area (Å²) in [4.78, 5) is 10.6. The number of fused-ring (bicyclic) bond motifs is 1. The molecule has 1 aliphatic heterocycles. The Bertz CT molecular complexity index is 667. The van der Waals surface area contributed by atoms with E-state index in [0.29, 0.717) is 5.15 Å². The van der Waals surface area contributed by atoms with Gasteiger partial charge in [-0.1, -0.05) is 18.5 Å². The molecule has 0 aliphatic carbocycles. The van der Waals surface area contributed by atoms with Crippen LogP contribution in [0.5, 0.6) is 5.75 Å². The van der Waals surface area contributed by atoms with E-state index < -0.39 is 0 Å². The number of methoxy groups -OCH3 is 1. The molecule has 0 amide bonds. The van der Waals surface area contributed by atoms with Gasteiger partial charge in [0.25, 0.3) is 0 Å². The van der Waals surface area contributed by atoms with Crippen molar-refractivity contribution >= 4 is 22.5 Å². The summed E-state index contributed by atoms with van der Waals surface area (Å²) in [6.45, 7) is 3.13. The molecule has 1 saturated heterocycles. The molecule has 0 radical (unpaired) electrons. The molecular formula is C17H22ClN3O2. The predicted molar refractivity (Wildman–Crippen MR) is 90.6 cm³/mol. The topological polar surface area (TPSA) is 47.5 Å². The number of rotatable bonds is 5. The molecule has 124 valence electrons. The van der Waals surface area contributed by atoms with Gasteiger partial charge in [0.15, 0.2) is 6.23 Å². The van der Waals surface area contributed by atoms with E-state index in [2.05, 4.69) is 21.8 Å². The maximum Gasteiger partial charge on any atom is 0.154 e. The fraction of sp³-hybridized carbons (Fsp3) is 0.529. The molecule has 0 bridgehead atoms. The highest BCUT2D eigenvalue weighted by Crippen LogP contribution is 2.27. The van der Waals surface area contributed by atoms with Gasteiger partial charge in [-0.05, 0) is 37.8 Å². The summed E-state index contributed by atoms with van der Waals surface area (Å²) in [6, 6.07) is 5.74. The highest BCUT2D eigenvalue weighted by Gasteiger charge is 2.29. The minimum Gasteiger partial charge on any atom is -0.475 e. The van der Waals surface area contributed by atoms with Crippen LogP contribution in [0.2, 0.25) is 5.15 Å². The van der Waals surface area contributed by atoms with Crippen molar-refractivity contribution in [3.63, 3.8) is 0 Å². The van der Waals surface area contributed by atoms with Gasteiger partial charge in [-0.3, -0.25) is 0 Å². The summed E-state index contributed by atoms with van der Waals surface area (Å²) in [6.07, 6.45) is 5.93. The number of hydrogen-bond acceptors (Lipinski definition) is 5. The summed E-state index contributed by atoms with van der Waals surface area (Å²) in [7, 11) is 1.77. The molecular weight excluding hydrogens is 314 g/mol. The lowest BCUT2D eigenvalue weighted by molar-refractivity contribution is -0.125. The third kappa shape index (κ3) is 3.57. The first kappa shape index (κ1) is 16.4. The number of aromatic nitrogens is 2. The summed E-state index contributed by atoms with van der Waals surface area (Å²) >= 11 is 6.09. The smallest absolute Gasteiger partial charge is 0.154 e. The van der Waals surface area contributed by atoms with Crippen LogP contribution in [0.25, 0.3) is 10.9 Å². The number of piperidine rings is 1. The van der Waals surface area contributed by atoms with Crippen molar-refractivity contribution in [3.05, 3.63) is 29.7 Å². The second-order valence-electron chi connectivity index (χ2n) is 5.75. The molecule has 2 aromatic rings. The molecule has 1 fully saturated rings. The first-order valence-electron chi connectivity index (χ1n) is 8.08. The van der Waals surface area contributed by atoms with Crippen LogP contribution < -0.4 is 4.74 Å². The van der Waals surface area contributed by atoms with Gasteiger partial charge in [-0.25, -0.2) is 14.9 Å². The lowest BCUT2D eigenvalue weighted by Crippen LogP contribution is -2.49. The number of halogens is 1. The highest BCUT2D eigenvalue weighted by molar-refractivity contribution is 6.34. The largest absolute Gasteiger partial charge is 0.475 e. The zero-order valence-corrected chi connectivity index (χ0v) is 14.3. The highest BCUT2D eigenvalue weighted by atomic mass is 35.5. The molecule has 0 saturated carbocycles. The standard InChI is InChI=1S/C17H22ClN3O2/c1-3-15(21-9-5-4-6-16(21)22-2)23-12-7-8-13-14(10-12)19-11-20-17(13)18/h7-8,10-11,15-16H,3-6,9H2,1-2H3. The lowest BCUT2D eigenvalue weighted by atomic mass is 10.1. The normalized spacial score (nSPS) is 20.6. The Hall–Kier alpha value is -1.43. The van der Waals surface area contributed by atoms with Crippen LogP contribution in [-0.2, 0) is 4.74 Å².